The highest BCUT2D eigenvalue weighted by Gasteiger charge is 2.07. The maximum atomic E-state index is 10.8. The highest BCUT2D eigenvalue weighted by molar-refractivity contribution is 8.14. The van der Waals surface area contributed by atoms with Crippen molar-refractivity contribution in [3.8, 4) is 0 Å². The van der Waals surface area contributed by atoms with Crippen LogP contribution in [0.15, 0.2) is 41.4 Å². The molecule has 1 heterocycles. The van der Waals surface area contributed by atoms with Gasteiger partial charge in [0.05, 0.1) is 11.3 Å². The predicted molar refractivity (Wildman–Crippen MR) is 72.1 cm³/mol. The van der Waals surface area contributed by atoms with Crippen molar-refractivity contribution < 1.29 is 8.42 Å². The number of pyridine rings is 1. The third kappa shape index (κ3) is 3.59. The van der Waals surface area contributed by atoms with Gasteiger partial charge < -0.3 is 0 Å². The van der Waals surface area contributed by atoms with Crippen molar-refractivity contribution in [3.63, 3.8) is 0 Å². The predicted octanol–water partition coefficient (Wildman–Crippen LogP) is 2.90. The average Bonchev–Trinajstić information content (AvgIpc) is 2.28. The fraction of sp³-hybridized carbons (Fsp3) is 0.182. The van der Waals surface area contributed by atoms with Crippen LogP contribution in [0, 0.1) is 0 Å². The number of fused-ring (bicyclic) bond motifs is 1. The summed E-state index contributed by atoms with van der Waals surface area (Å²) >= 11 is 1.47. The first kappa shape index (κ1) is 12.7. The lowest BCUT2D eigenvalue weighted by Crippen LogP contribution is -1.99. The minimum atomic E-state index is -3.41. The van der Waals surface area contributed by atoms with Gasteiger partial charge in [-0.15, -0.1) is 11.8 Å². The van der Waals surface area contributed by atoms with Crippen LogP contribution in [0.4, 0.5) is 0 Å². The second kappa shape index (κ2) is 5.25. The third-order valence-electron chi connectivity index (χ3n) is 2.19. The zero-order valence-corrected chi connectivity index (χ0v) is 11.2. The van der Waals surface area contributed by atoms with Gasteiger partial charge in [0.1, 0.15) is 0 Å². The minimum Gasteiger partial charge on any atom is -0.256 e. The Labute approximate surface area is 109 Å². The van der Waals surface area contributed by atoms with Crippen LogP contribution in [-0.4, -0.2) is 24.9 Å². The number of halogens is 1. The van der Waals surface area contributed by atoms with Crippen LogP contribution in [0.25, 0.3) is 10.9 Å². The zero-order valence-electron chi connectivity index (χ0n) is 8.84. The van der Waals surface area contributed by atoms with Gasteiger partial charge in [0, 0.05) is 32.9 Å². The molecule has 3 nitrogen and oxygen atoms in total. The van der Waals surface area contributed by atoms with E-state index in [1.165, 1.54) is 11.8 Å². The molecule has 0 radical (unpaired) electrons. The van der Waals surface area contributed by atoms with Gasteiger partial charge >= 0.3 is 0 Å². The van der Waals surface area contributed by atoms with Crippen LogP contribution in [0.1, 0.15) is 0 Å². The zero-order chi connectivity index (χ0) is 12.3. The van der Waals surface area contributed by atoms with Crippen molar-refractivity contribution in [1.29, 1.82) is 0 Å². The van der Waals surface area contributed by atoms with E-state index in [1.807, 2.05) is 30.3 Å². The highest BCUT2D eigenvalue weighted by Crippen LogP contribution is 2.26. The normalized spacial score (nSPS) is 11.8. The summed E-state index contributed by atoms with van der Waals surface area (Å²) in [4.78, 5) is 5.27. The quantitative estimate of drug-likeness (QED) is 0.641. The number of hydrogen-bond acceptors (Lipinski definition) is 4. The molecule has 0 unspecified atom stereocenters. The number of rotatable bonds is 4. The Morgan fingerprint density at radius 1 is 1.24 bits per heavy atom. The van der Waals surface area contributed by atoms with E-state index in [1.54, 1.807) is 6.20 Å². The second-order valence-electron chi connectivity index (χ2n) is 3.42. The van der Waals surface area contributed by atoms with Gasteiger partial charge in [-0.2, -0.15) is 0 Å². The number of hydrogen-bond donors (Lipinski definition) is 0. The van der Waals surface area contributed by atoms with E-state index < -0.39 is 9.05 Å². The molecular weight excluding hydrogens is 278 g/mol. The Morgan fingerprint density at radius 3 is 2.76 bits per heavy atom. The lowest BCUT2D eigenvalue weighted by molar-refractivity contribution is 0.611. The summed E-state index contributed by atoms with van der Waals surface area (Å²) in [7, 11) is 1.75. The maximum absolute atomic E-state index is 10.8. The molecule has 0 aliphatic rings. The Kier molecular flexibility index (Phi) is 3.91. The second-order valence-corrected chi connectivity index (χ2v) is 7.45. The van der Waals surface area contributed by atoms with E-state index >= 15 is 0 Å². The molecule has 0 atom stereocenters. The molecule has 0 aliphatic carbocycles. The van der Waals surface area contributed by atoms with E-state index in [0.717, 1.165) is 15.8 Å². The molecule has 1 aromatic carbocycles. The number of para-hydroxylation sites is 1. The van der Waals surface area contributed by atoms with Crippen LogP contribution in [0.2, 0.25) is 0 Å². The minimum absolute atomic E-state index is 0.0319. The van der Waals surface area contributed by atoms with Crippen molar-refractivity contribution in [1.82, 2.24) is 4.98 Å². The summed E-state index contributed by atoms with van der Waals surface area (Å²) in [6.07, 6.45) is 1.72. The summed E-state index contributed by atoms with van der Waals surface area (Å²) in [5, 5.41) is 1.03. The summed E-state index contributed by atoms with van der Waals surface area (Å²) in [5.41, 5.74) is 0.909. The van der Waals surface area contributed by atoms with Crippen molar-refractivity contribution >= 4 is 42.4 Å². The molecule has 0 saturated heterocycles. The molecule has 0 bridgehead atoms. The SMILES string of the molecule is O=S(=O)(Cl)CCSc1ccnc2ccccc12. The molecule has 0 aliphatic heterocycles. The number of nitrogens with zero attached hydrogens (tertiary/aromatic N) is 1. The Morgan fingerprint density at radius 2 is 2.00 bits per heavy atom. The fourth-order valence-corrected chi connectivity index (χ4v) is 3.85. The van der Waals surface area contributed by atoms with E-state index in [-0.39, 0.29) is 5.75 Å². The lowest BCUT2D eigenvalue weighted by atomic mass is 10.2. The van der Waals surface area contributed by atoms with Gasteiger partial charge in [-0.1, -0.05) is 18.2 Å². The molecule has 2 rings (SSSR count). The van der Waals surface area contributed by atoms with Crippen LogP contribution in [0.5, 0.6) is 0 Å². The highest BCUT2D eigenvalue weighted by atomic mass is 35.7. The van der Waals surface area contributed by atoms with Gasteiger partial charge in [0.15, 0.2) is 0 Å². The molecular formula is C11H10ClNO2S2. The van der Waals surface area contributed by atoms with E-state index in [4.69, 9.17) is 10.7 Å². The molecule has 0 fully saturated rings. The standard InChI is InChI=1S/C11H10ClNO2S2/c12-17(14,15)8-7-16-11-5-6-13-10-4-2-1-3-9(10)11/h1-6H,7-8H2. The van der Waals surface area contributed by atoms with Gasteiger partial charge in [0.25, 0.3) is 0 Å². The molecule has 1 aromatic heterocycles. The van der Waals surface area contributed by atoms with E-state index in [0.29, 0.717) is 5.75 Å². The van der Waals surface area contributed by atoms with Gasteiger partial charge in [-0.05, 0) is 12.1 Å². The first-order valence-corrected chi connectivity index (χ1v) is 8.41. The molecule has 2 aromatic rings. The number of thioether (sulfide) groups is 1. The van der Waals surface area contributed by atoms with Crippen molar-refractivity contribution in [2.75, 3.05) is 11.5 Å². The summed E-state index contributed by atoms with van der Waals surface area (Å²) < 4.78 is 21.6. The van der Waals surface area contributed by atoms with Crippen LogP contribution in [0.3, 0.4) is 0 Å². The first-order chi connectivity index (χ1) is 8.06. The molecule has 0 saturated carbocycles. The molecule has 0 N–H and O–H groups in total. The maximum Gasteiger partial charge on any atom is 0.233 e. The Balaban J connectivity index is 2.19. The monoisotopic (exact) mass is 287 g/mol. The van der Waals surface area contributed by atoms with E-state index in [9.17, 15) is 8.42 Å². The summed E-state index contributed by atoms with van der Waals surface area (Å²) in [6.45, 7) is 0. The summed E-state index contributed by atoms with van der Waals surface area (Å²) in [6, 6.07) is 9.64. The first-order valence-electron chi connectivity index (χ1n) is 4.95. The molecule has 0 spiro atoms. The van der Waals surface area contributed by atoms with Crippen molar-refractivity contribution in [3.05, 3.63) is 36.5 Å². The Bertz CT molecular complexity index is 623. The fourth-order valence-electron chi connectivity index (χ4n) is 1.45. The van der Waals surface area contributed by atoms with Crippen LogP contribution in [-0.2, 0) is 9.05 Å². The molecule has 0 amide bonds. The van der Waals surface area contributed by atoms with E-state index in [2.05, 4.69) is 4.98 Å². The third-order valence-corrected chi connectivity index (χ3v) is 4.68. The topological polar surface area (TPSA) is 47.0 Å². The van der Waals surface area contributed by atoms with Gasteiger partial charge in [-0.25, -0.2) is 8.42 Å². The smallest absolute Gasteiger partial charge is 0.233 e. The van der Waals surface area contributed by atoms with Crippen LogP contribution >= 0.6 is 22.4 Å². The largest absolute Gasteiger partial charge is 0.256 e. The molecule has 6 heteroatoms. The van der Waals surface area contributed by atoms with Crippen molar-refractivity contribution in [2.24, 2.45) is 0 Å². The van der Waals surface area contributed by atoms with Crippen LogP contribution < -0.4 is 0 Å². The number of benzene rings is 1. The van der Waals surface area contributed by atoms with Crippen molar-refractivity contribution in [2.45, 2.75) is 4.90 Å². The lowest BCUT2D eigenvalue weighted by Gasteiger charge is -2.04. The summed E-state index contributed by atoms with van der Waals surface area (Å²) in [5.74, 6) is 0.412. The van der Waals surface area contributed by atoms with Gasteiger partial charge in [0.2, 0.25) is 9.05 Å². The Hall–Kier alpha value is -0.780. The molecule has 90 valence electrons. The average molecular weight is 288 g/mol. The number of aromatic nitrogens is 1. The van der Waals surface area contributed by atoms with Gasteiger partial charge in [-0.3, -0.25) is 4.98 Å². The molecule has 17 heavy (non-hydrogen) atoms.